The third-order valence-corrected chi connectivity index (χ3v) is 5.75. The number of benzene rings is 2. The van der Waals surface area contributed by atoms with Gasteiger partial charge >= 0.3 is 0 Å². The molecule has 0 saturated carbocycles. The second kappa shape index (κ2) is 9.74. The number of pyridine rings is 2. The van der Waals surface area contributed by atoms with E-state index in [-0.39, 0.29) is 5.56 Å². The number of hydrogen-bond acceptors (Lipinski definition) is 4. The second-order valence-corrected chi connectivity index (χ2v) is 8.58. The van der Waals surface area contributed by atoms with E-state index in [4.69, 9.17) is 28.2 Å². The van der Waals surface area contributed by atoms with Crippen LogP contribution in [0.3, 0.4) is 0 Å². The van der Waals surface area contributed by atoms with Crippen molar-refractivity contribution in [3.8, 4) is 16.8 Å². The highest BCUT2D eigenvalue weighted by molar-refractivity contribution is 6.34. The molecule has 32 heavy (non-hydrogen) atoms. The van der Waals surface area contributed by atoms with Crippen LogP contribution in [0.4, 0.5) is 5.82 Å². The number of hydrogen-bond donors (Lipinski definition) is 2. The van der Waals surface area contributed by atoms with E-state index < -0.39 is 0 Å². The van der Waals surface area contributed by atoms with Gasteiger partial charge in [-0.25, -0.2) is 4.98 Å². The Labute approximate surface area is 197 Å². The van der Waals surface area contributed by atoms with Gasteiger partial charge in [0.05, 0.1) is 10.7 Å². The summed E-state index contributed by atoms with van der Waals surface area (Å²) in [6, 6.07) is 20.6. The SMILES string of the molecule is CC(C)NCCNc1cc(-c2ccccc2Cl)c2ccc(=O)n(-c3ccccc3Cl)c2n1. The molecule has 0 atom stereocenters. The maximum atomic E-state index is 13.0. The number of nitrogens with one attached hydrogen (secondary N) is 2. The fourth-order valence-electron chi connectivity index (χ4n) is 3.62. The van der Waals surface area contributed by atoms with Gasteiger partial charge < -0.3 is 10.6 Å². The topological polar surface area (TPSA) is 58.9 Å². The van der Waals surface area contributed by atoms with Crippen LogP contribution in [0.5, 0.6) is 0 Å². The van der Waals surface area contributed by atoms with E-state index in [1.165, 1.54) is 6.07 Å². The fraction of sp³-hybridized carbons (Fsp3) is 0.200. The molecule has 2 N–H and O–H groups in total. The molecule has 0 saturated heterocycles. The van der Waals surface area contributed by atoms with Crippen LogP contribution in [0, 0.1) is 0 Å². The summed E-state index contributed by atoms with van der Waals surface area (Å²) in [4.78, 5) is 17.8. The smallest absolute Gasteiger partial charge is 0.256 e. The Hall–Kier alpha value is -2.86. The highest BCUT2D eigenvalue weighted by atomic mass is 35.5. The number of rotatable bonds is 7. The van der Waals surface area contributed by atoms with E-state index in [1.54, 1.807) is 16.7 Å². The number of anilines is 1. The average molecular weight is 467 g/mol. The monoisotopic (exact) mass is 466 g/mol. The number of halogens is 2. The highest BCUT2D eigenvalue weighted by Crippen LogP contribution is 2.35. The van der Waals surface area contributed by atoms with Crippen molar-refractivity contribution in [1.29, 1.82) is 0 Å². The van der Waals surface area contributed by atoms with Crippen molar-refractivity contribution in [3.63, 3.8) is 0 Å². The maximum Gasteiger partial charge on any atom is 0.256 e. The third kappa shape index (κ3) is 4.65. The van der Waals surface area contributed by atoms with Gasteiger partial charge in [-0.2, -0.15) is 0 Å². The Bertz CT molecular complexity index is 1320. The summed E-state index contributed by atoms with van der Waals surface area (Å²) < 4.78 is 1.55. The van der Waals surface area contributed by atoms with Gasteiger partial charge in [-0.05, 0) is 35.9 Å². The molecule has 0 radical (unpaired) electrons. The molecule has 2 aromatic carbocycles. The Morgan fingerprint density at radius 1 is 0.906 bits per heavy atom. The van der Waals surface area contributed by atoms with Crippen LogP contribution in [0.25, 0.3) is 27.8 Å². The predicted octanol–water partition coefficient (Wildman–Crippen LogP) is 5.77. The van der Waals surface area contributed by atoms with E-state index in [0.29, 0.717) is 39.8 Å². The van der Waals surface area contributed by atoms with Gasteiger partial charge in [0, 0.05) is 41.2 Å². The van der Waals surface area contributed by atoms with Crippen molar-refractivity contribution in [2.45, 2.75) is 19.9 Å². The summed E-state index contributed by atoms with van der Waals surface area (Å²) in [6.45, 7) is 5.67. The summed E-state index contributed by atoms with van der Waals surface area (Å²) in [6.07, 6.45) is 0. The Balaban J connectivity index is 1.94. The molecular formula is C25H24Cl2N4O. The molecule has 7 heteroatoms. The second-order valence-electron chi connectivity index (χ2n) is 7.77. The van der Waals surface area contributed by atoms with Gasteiger partial charge in [-0.3, -0.25) is 9.36 Å². The largest absolute Gasteiger partial charge is 0.369 e. The molecular weight excluding hydrogens is 443 g/mol. The minimum atomic E-state index is -0.207. The first-order valence-corrected chi connectivity index (χ1v) is 11.2. The van der Waals surface area contributed by atoms with E-state index in [9.17, 15) is 4.79 Å². The lowest BCUT2D eigenvalue weighted by molar-refractivity contribution is 0.602. The average Bonchev–Trinajstić information content (AvgIpc) is 2.77. The molecule has 0 spiro atoms. The van der Waals surface area contributed by atoms with Gasteiger partial charge in [0.25, 0.3) is 5.56 Å². The first-order valence-electron chi connectivity index (χ1n) is 10.5. The molecule has 164 valence electrons. The van der Waals surface area contributed by atoms with Crippen LogP contribution in [-0.2, 0) is 0 Å². The van der Waals surface area contributed by atoms with Crippen molar-refractivity contribution in [3.05, 3.63) is 87.1 Å². The van der Waals surface area contributed by atoms with Gasteiger partial charge in [-0.15, -0.1) is 0 Å². The molecule has 0 amide bonds. The zero-order valence-electron chi connectivity index (χ0n) is 17.9. The van der Waals surface area contributed by atoms with Crippen LogP contribution in [0.1, 0.15) is 13.8 Å². The van der Waals surface area contributed by atoms with Crippen molar-refractivity contribution in [2.75, 3.05) is 18.4 Å². The summed E-state index contributed by atoms with van der Waals surface area (Å²) >= 11 is 13.0. The van der Waals surface area contributed by atoms with Crippen LogP contribution in [-0.4, -0.2) is 28.7 Å². The van der Waals surface area contributed by atoms with Gasteiger partial charge in [-0.1, -0.05) is 67.4 Å². The summed E-state index contributed by atoms with van der Waals surface area (Å²) in [5.41, 5.74) is 2.65. The van der Waals surface area contributed by atoms with E-state index in [1.807, 2.05) is 48.5 Å². The number of fused-ring (bicyclic) bond motifs is 1. The first kappa shape index (κ1) is 22.3. The summed E-state index contributed by atoms with van der Waals surface area (Å²) in [5, 5.41) is 8.66. The van der Waals surface area contributed by atoms with Crippen LogP contribution in [0.2, 0.25) is 10.0 Å². The van der Waals surface area contributed by atoms with E-state index in [2.05, 4.69) is 24.5 Å². The normalized spacial score (nSPS) is 11.3. The van der Waals surface area contributed by atoms with E-state index >= 15 is 0 Å². The Morgan fingerprint density at radius 2 is 1.62 bits per heavy atom. The molecule has 2 aromatic heterocycles. The van der Waals surface area contributed by atoms with E-state index in [0.717, 1.165) is 23.1 Å². The lowest BCUT2D eigenvalue weighted by Gasteiger charge is -2.17. The quantitative estimate of drug-likeness (QED) is 0.339. The van der Waals surface area contributed by atoms with Gasteiger partial charge in [0.1, 0.15) is 11.5 Å². The lowest BCUT2D eigenvalue weighted by Crippen LogP contribution is -2.28. The zero-order valence-corrected chi connectivity index (χ0v) is 19.4. The van der Waals surface area contributed by atoms with Crippen LogP contribution < -0.4 is 16.2 Å². The lowest BCUT2D eigenvalue weighted by atomic mass is 10.0. The molecule has 0 bridgehead atoms. The number of nitrogens with zero attached hydrogens (tertiary/aromatic N) is 2. The molecule has 0 aliphatic heterocycles. The molecule has 0 aliphatic carbocycles. The summed E-state index contributed by atoms with van der Waals surface area (Å²) in [7, 11) is 0. The minimum Gasteiger partial charge on any atom is -0.369 e. The zero-order chi connectivity index (χ0) is 22.7. The van der Waals surface area contributed by atoms with Crippen molar-refractivity contribution in [2.24, 2.45) is 0 Å². The Morgan fingerprint density at radius 3 is 2.34 bits per heavy atom. The fourth-order valence-corrected chi connectivity index (χ4v) is 4.08. The molecule has 2 heterocycles. The Kier molecular flexibility index (Phi) is 6.80. The third-order valence-electron chi connectivity index (χ3n) is 5.10. The highest BCUT2D eigenvalue weighted by Gasteiger charge is 2.16. The summed E-state index contributed by atoms with van der Waals surface area (Å²) in [5.74, 6) is 0.657. The van der Waals surface area contributed by atoms with Crippen molar-refractivity contribution < 1.29 is 0 Å². The van der Waals surface area contributed by atoms with Gasteiger partial charge in [0.15, 0.2) is 0 Å². The minimum absolute atomic E-state index is 0.207. The number of para-hydroxylation sites is 1. The predicted molar refractivity (Wildman–Crippen MR) is 134 cm³/mol. The molecule has 4 rings (SSSR count). The molecule has 0 aliphatic rings. The molecule has 4 aromatic rings. The van der Waals surface area contributed by atoms with Crippen LogP contribution >= 0.6 is 23.2 Å². The first-order chi connectivity index (χ1) is 15.5. The molecule has 0 fully saturated rings. The van der Waals surface area contributed by atoms with Gasteiger partial charge in [0.2, 0.25) is 0 Å². The van der Waals surface area contributed by atoms with Crippen LogP contribution in [0.15, 0.2) is 71.5 Å². The number of aromatic nitrogens is 2. The van der Waals surface area contributed by atoms with Crippen molar-refractivity contribution in [1.82, 2.24) is 14.9 Å². The standard InChI is InChI=1S/C25H24Cl2N4O/c1-16(2)28-13-14-29-23-15-19(17-7-3-4-8-20(17)26)18-11-12-24(32)31(25(18)30-23)22-10-6-5-9-21(22)27/h3-12,15-16,28H,13-14H2,1-2H3,(H,29,30). The molecule has 0 unspecified atom stereocenters. The van der Waals surface area contributed by atoms with Crippen molar-refractivity contribution >= 4 is 40.1 Å². The molecule has 5 nitrogen and oxygen atoms in total. The maximum absolute atomic E-state index is 13.0.